The second-order valence-electron chi connectivity index (χ2n) is 17.2. The van der Waals surface area contributed by atoms with Crippen LogP contribution in [-0.4, -0.2) is 37.2 Å². The summed E-state index contributed by atoms with van der Waals surface area (Å²) >= 11 is 0. The molecule has 0 aromatic carbocycles. The van der Waals surface area contributed by atoms with Crippen molar-refractivity contribution in [2.24, 2.45) is 0 Å². The fraction of sp³-hybridized carbons (Fsp3) is 0.617. The summed E-state index contributed by atoms with van der Waals surface area (Å²) in [6, 6.07) is 0. The monoisotopic (exact) mass is 913 g/mol. The summed E-state index contributed by atoms with van der Waals surface area (Å²) in [6.45, 7) is 6.30. The molecule has 0 fully saturated rings. The highest BCUT2D eigenvalue weighted by molar-refractivity contribution is 5.71. The highest BCUT2D eigenvalue weighted by atomic mass is 16.6. The van der Waals surface area contributed by atoms with Crippen LogP contribution >= 0.6 is 0 Å². The second kappa shape index (κ2) is 53.4. The lowest BCUT2D eigenvalue weighted by Gasteiger charge is -2.18. The first kappa shape index (κ1) is 61.8. The summed E-state index contributed by atoms with van der Waals surface area (Å²) < 4.78 is 16.8. The van der Waals surface area contributed by atoms with Crippen molar-refractivity contribution >= 4 is 17.9 Å². The van der Waals surface area contributed by atoms with E-state index in [0.717, 1.165) is 103 Å². The van der Waals surface area contributed by atoms with Gasteiger partial charge in [-0.1, -0.05) is 226 Å². The van der Waals surface area contributed by atoms with E-state index in [1.54, 1.807) is 0 Å². The van der Waals surface area contributed by atoms with Crippen molar-refractivity contribution in [3.63, 3.8) is 0 Å². The van der Waals surface area contributed by atoms with Crippen LogP contribution in [0.25, 0.3) is 0 Å². The molecule has 0 saturated heterocycles. The summed E-state index contributed by atoms with van der Waals surface area (Å²) in [7, 11) is 0. The van der Waals surface area contributed by atoms with E-state index in [2.05, 4.69) is 81.5 Å². The largest absolute Gasteiger partial charge is 0.462 e. The first-order chi connectivity index (χ1) is 32.5. The lowest BCUT2D eigenvalue weighted by molar-refractivity contribution is -0.167. The van der Waals surface area contributed by atoms with Gasteiger partial charge in [0.15, 0.2) is 6.10 Å². The number of esters is 3. The number of allylic oxidation sites excluding steroid dienone is 20. The van der Waals surface area contributed by atoms with Crippen molar-refractivity contribution in [2.75, 3.05) is 13.2 Å². The van der Waals surface area contributed by atoms with Crippen molar-refractivity contribution in [2.45, 2.75) is 226 Å². The summed E-state index contributed by atoms with van der Waals surface area (Å²) in [5, 5.41) is 0. The number of unbranched alkanes of at least 4 members (excludes halogenated alkanes) is 20. The van der Waals surface area contributed by atoms with Crippen molar-refractivity contribution in [1.82, 2.24) is 0 Å². The average molecular weight is 913 g/mol. The molecule has 6 heteroatoms. The van der Waals surface area contributed by atoms with Crippen LogP contribution in [0, 0.1) is 0 Å². The Balaban J connectivity index is 4.48. The molecule has 0 bridgehead atoms. The number of carbonyl (C=O) groups excluding carboxylic acids is 3. The number of hydrogen-bond donors (Lipinski definition) is 0. The van der Waals surface area contributed by atoms with E-state index in [9.17, 15) is 14.4 Å². The number of ether oxygens (including phenoxy) is 3. The Hall–Kier alpha value is -4.19. The fourth-order valence-electron chi connectivity index (χ4n) is 6.89. The maximum atomic E-state index is 12.8. The highest BCUT2D eigenvalue weighted by Gasteiger charge is 2.19. The Kier molecular flexibility index (Phi) is 50.0. The Labute approximate surface area is 405 Å². The standard InChI is InChI=1S/C60H96O6/c1-4-7-10-13-16-19-22-25-27-29-30-32-33-35-38-41-44-47-50-53-59(62)65-56-57(55-64-58(61)52-49-46-43-40-37-24-21-18-15-12-9-6-3)66-60(63)54-51-48-45-42-39-36-34-31-28-26-23-20-17-14-11-8-5-2/h7-8,10-11,14,16-21,23,25-28,31,34,36,39,57H,4-6,9,12-13,15,22,24,29-30,32-33,35,37-38,40-56H2,1-3H3/b10-7-,11-8-,17-14-,19-16-,21-18-,23-20-,27-25-,28-26-,34-31+,39-36-. The van der Waals surface area contributed by atoms with Gasteiger partial charge < -0.3 is 14.2 Å². The van der Waals surface area contributed by atoms with Crippen molar-refractivity contribution in [3.05, 3.63) is 122 Å². The van der Waals surface area contributed by atoms with Gasteiger partial charge in [-0.2, -0.15) is 0 Å². The molecule has 0 aromatic rings. The van der Waals surface area contributed by atoms with Gasteiger partial charge in [0, 0.05) is 19.3 Å². The third-order valence-corrected chi connectivity index (χ3v) is 10.8. The molecule has 6 nitrogen and oxygen atoms in total. The molecule has 0 amide bonds. The summed E-state index contributed by atoms with van der Waals surface area (Å²) in [6.07, 6.45) is 73.2. The van der Waals surface area contributed by atoms with Crippen LogP contribution in [0.2, 0.25) is 0 Å². The molecule has 66 heavy (non-hydrogen) atoms. The molecule has 0 aliphatic heterocycles. The van der Waals surface area contributed by atoms with Crippen LogP contribution in [0.1, 0.15) is 220 Å². The van der Waals surface area contributed by atoms with Crippen LogP contribution in [-0.2, 0) is 28.6 Å². The number of rotatable bonds is 46. The van der Waals surface area contributed by atoms with Gasteiger partial charge in [-0.05, 0) is 96.3 Å². The van der Waals surface area contributed by atoms with Crippen LogP contribution in [0.5, 0.6) is 0 Å². The van der Waals surface area contributed by atoms with Gasteiger partial charge in [-0.25, -0.2) is 0 Å². The van der Waals surface area contributed by atoms with Gasteiger partial charge in [-0.15, -0.1) is 0 Å². The van der Waals surface area contributed by atoms with Crippen molar-refractivity contribution in [3.8, 4) is 0 Å². The second-order valence-corrected chi connectivity index (χ2v) is 17.2. The molecule has 0 heterocycles. The molecule has 0 rings (SSSR count). The van der Waals surface area contributed by atoms with E-state index in [1.807, 2.05) is 60.8 Å². The molecule has 0 saturated carbocycles. The molecule has 1 atom stereocenters. The maximum Gasteiger partial charge on any atom is 0.306 e. The van der Waals surface area contributed by atoms with Crippen LogP contribution in [0.3, 0.4) is 0 Å². The van der Waals surface area contributed by atoms with E-state index < -0.39 is 6.10 Å². The normalized spacial score (nSPS) is 13.1. The minimum atomic E-state index is -0.810. The minimum Gasteiger partial charge on any atom is -0.462 e. The number of hydrogen-bond acceptors (Lipinski definition) is 6. The zero-order valence-electron chi connectivity index (χ0n) is 42.4. The Morgan fingerprint density at radius 1 is 0.333 bits per heavy atom. The summed E-state index contributed by atoms with van der Waals surface area (Å²) in [5.41, 5.74) is 0. The predicted octanol–water partition coefficient (Wildman–Crippen LogP) is 17.7. The predicted molar refractivity (Wildman–Crippen MR) is 283 cm³/mol. The van der Waals surface area contributed by atoms with E-state index >= 15 is 0 Å². The third kappa shape index (κ3) is 50.8. The maximum absolute atomic E-state index is 12.8. The van der Waals surface area contributed by atoms with Gasteiger partial charge >= 0.3 is 17.9 Å². The van der Waals surface area contributed by atoms with Crippen molar-refractivity contribution < 1.29 is 28.6 Å². The quantitative estimate of drug-likeness (QED) is 0.0199. The molecule has 372 valence electrons. The average Bonchev–Trinajstić information content (AvgIpc) is 3.31. The molecular formula is C60H96O6. The van der Waals surface area contributed by atoms with Crippen molar-refractivity contribution in [1.29, 1.82) is 0 Å². The zero-order valence-corrected chi connectivity index (χ0v) is 42.4. The fourth-order valence-corrected chi connectivity index (χ4v) is 6.89. The Morgan fingerprint density at radius 2 is 0.667 bits per heavy atom. The van der Waals surface area contributed by atoms with Crippen LogP contribution in [0.15, 0.2) is 122 Å². The molecule has 0 spiro atoms. The zero-order chi connectivity index (χ0) is 47.9. The minimum absolute atomic E-state index is 0.105. The van der Waals surface area contributed by atoms with Crippen LogP contribution < -0.4 is 0 Å². The van der Waals surface area contributed by atoms with E-state index in [1.165, 1.54) is 70.6 Å². The van der Waals surface area contributed by atoms with Gasteiger partial charge in [0.1, 0.15) is 13.2 Å². The van der Waals surface area contributed by atoms with E-state index in [-0.39, 0.29) is 37.5 Å². The molecule has 0 radical (unpaired) electrons. The highest BCUT2D eigenvalue weighted by Crippen LogP contribution is 2.14. The van der Waals surface area contributed by atoms with E-state index in [4.69, 9.17) is 14.2 Å². The Morgan fingerprint density at radius 3 is 1.14 bits per heavy atom. The van der Waals surface area contributed by atoms with Gasteiger partial charge in [0.2, 0.25) is 0 Å². The SMILES string of the molecule is CC\C=C/C=C\C=C/C=C\C=C\C=C/CCCCCC(=O)OC(COC(=O)CCCCCCC/C=C\CCCCC)COC(=O)CCCCCCCCCCC/C=C\C/C=C\C/C=C\CC. The molecular weight excluding hydrogens is 817 g/mol. The molecule has 0 aliphatic carbocycles. The Bertz CT molecular complexity index is 1420. The van der Waals surface area contributed by atoms with Gasteiger partial charge in [-0.3, -0.25) is 14.4 Å². The molecule has 1 unspecified atom stereocenters. The first-order valence-electron chi connectivity index (χ1n) is 26.6. The molecule has 0 N–H and O–H groups in total. The lowest BCUT2D eigenvalue weighted by atomic mass is 10.1. The first-order valence-corrected chi connectivity index (χ1v) is 26.6. The smallest absolute Gasteiger partial charge is 0.306 e. The molecule has 0 aliphatic rings. The summed E-state index contributed by atoms with van der Waals surface area (Å²) in [4.78, 5) is 38.0. The number of carbonyl (C=O) groups is 3. The third-order valence-electron chi connectivity index (χ3n) is 10.8. The topological polar surface area (TPSA) is 78.9 Å². The van der Waals surface area contributed by atoms with Gasteiger partial charge in [0.05, 0.1) is 0 Å². The van der Waals surface area contributed by atoms with Gasteiger partial charge in [0.25, 0.3) is 0 Å². The molecule has 0 aromatic heterocycles. The van der Waals surface area contributed by atoms with E-state index in [0.29, 0.717) is 19.3 Å². The summed E-state index contributed by atoms with van der Waals surface area (Å²) in [5.74, 6) is -0.969. The lowest BCUT2D eigenvalue weighted by Crippen LogP contribution is -2.30. The van der Waals surface area contributed by atoms with Crippen LogP contribution in [0.4, 0.5) is 0 Å².